The molecule has 0 radical (unpaired) electrons. The average molecular weight is 376 g/mol. The largest absolute Gasteiger partial charge is 0.356 e. The number of amides is 3. The molecule has 1 aliphatic carbocycles. The minimum atomic E-state index is -0.210. The maximum atomic E-state index is 12.3. The third kappa shape index (κ3) is 6.29. The highest BCUT2D eigenvalue weighted by molar-refractivity contribution is 6.15. The van der Waals surface area contributed by atoms with Gasteiger partial charge in [-0.2, -0.15) is 0 Å². The Kier molecular flexibility index (Phi) is 8.20. The number of carbonyl (C=O) groups is 4. The molecular formula is C21H32N2O4. The summed E-state index contributed by atoms with van der Waals surface area (Å²) in [5, 5.41) is 3.01. The maximum absolute atomic E-state index is 12.3. The number of carbonyl (C=O) groups excluding carboxylic acids is 4. The molecule has 0 aromatic carbocycles. The summed E-state index contributed by atoms with van der Waals surface area (Å²) >= 11 is 0. The van der Waals surface area contributed by atoms with Crippen LogP contribution < -0.4 is 5.32 Å². The molecule has 0 aromatic heterocycles. The fourth-order valence-electron chi connectivity index (χ4n) is 3.83. The van der Waals surface area contributed by atoms with E-state index < -0.39 is 0 Å². The van der Waals surface area contributed by atoms with Crippen molar-refractivity contribution in [2.45, 2.75) is 71.6 Å². The molecule has 6 heteroatoms. The first-order valence-corrected chi connectivity index (χ1v) is 10.3. The molecule has 0 bridgehead atoms. The summed E-state index contributed by atoms with van der Waals surface area (Å²) in [6, 6.07) is 0. The van der Waals surface area contributed by atoms with Crippen LogP contribution in [0.2, 0.25) is 0 Å². The van der Waals surface area contributed by atoms with Crippen molar-refractivity contribution >= 4 is 23.5 Å². The highest BCUT2D eigenvalue weighted by Gasteiger charge is 2.33. The van der Waals surface area contributed by atoms with Crippen molar-refractivity contribution in [2.24, 2.45) is 11.8 Å². The standard InChI is InChI=1S/C21H32N2O4/c1-3-18(24)7-5-4-6-12-22-20(26)17-10-8-16(9-11-17)14-23-19(25)13-15(2)21(23)27/h13,16-17H,3-12,14H2,1-2H3,(H,22,26). The molecule has 0 unspecified atom stereocenters. The van der Waals surface area contributed by atoms with Gasteiger partial charge >= 0.3 is 0 Å². The summed E-state index contributed by atoms with van der Waals surface area (Å²) < 4.78 is 0. The van der Waals surface area contributed by atoms with Gasteiger partial charge in [0, 0.05) is 43.5 Å². The summed E-state index contributed by atoms with van der Waals surface area (Å²) in [5.74, 6) is 0.353. The van der Waals surface area contributed by atoms with Gasteiger partial charge in [0.25, 0.3) is 11.8 Å². The van der Waals surface area contributed by atoms with Crippen LogP contribution >= 0.6 is 0 Å². The Balaban J connectivity index is 1.60. The number of nitrogens with one attached hydrogen (secondary N) is 1. The lowest BCUT2D eigenvalue weighted by molar-refractivity contribution is -0.138. The summed E-state index contributed by atoms with van der Waals surface area (Å²) in [6.45, 7) is 4.69. The predicted molar refractivity (Wildman–Crippen MR) is 103 cm³/mol. The van der Waals surface area contributed by atoms with E-state index in [1.165, 1.54) is 11.0 Å². The maximum Gasteiger partial charge on any atom is 0.256 e. The van der Waals surface area contributed by atoms with Gasteiger partial charge in [-0.1, -0.05) is 13.3 Å². The molecule has 0 saturated heterocycles. The van der Waals surface area contributed by atoms with E-state index >= 15 is 0 Å². The third-order valence-electron chi connectivity index (χ3n) is 5.67. The molecule has 0 atom stereocenters. The van der Waals surface area contributed by atoms with Gasteiger partial charge in [-0.3, -0.25) is 24.1 Å². The van der Waals surface area contributed by atoms with Crippen LogP contribution in [-0.4, -0.2) is 41.5 Å². The van der Waals surface area contributed by atoms with Gasteiger partial charge in [-0.15, -0.1) is 0 Å². The van der Waals surface area contributed by atoms with Crippen LogP contribution in [0.1, 0.15) is 71.6 Å². The van der Waals surface area contributed by atoms with E-state index in [1.807, 2.05) is 6.92 Å². The first kappa shape index (κ1) is 21.3. The highest BCUT2D eigenvalue weighted by atomic mass is 16.2. The van der Waals surface area contributed by atoms with Crippen LogP contribution in [-0.2, 0) is 19.2 Å². The molecular weight excluding hydrogens is 344 g/mol. The van der Waals surface area contributed by atoms with Gasteiger partial charge in [-0.05, 0) is 51.4 Å². The SMILES string of the molecule is CCC(=O)CCCCCNC(=O)C1CCC(CN2C(=O)C=C(C)C2=O)CC1. The summed E-state index contributed by atoms with van der Waals surface area (Å²) in [5.41, 5.74) is 0.507. The van der Waals surface area contributed by atoms with Crippen molar-refractivity contribution in [3.8, 4) is 0 Å². The minimum absolute atomic E-state index is 0.0350. The van der Waals surface area contributed by atoms with Crippen LogP contribution in [0, 0.1) is 11.8 Å². The number of nitrogens with zero attached hydrogens (tertiary/aromatic N) is 1. The fourth-order valence-corrected chi connectivity index (χ4v) is 3.83. The molecule has 3 amide bonds. The number of hydrogen-bond donors (Lipinski definition) is 1. The van der Waals surface area contributed by atoms with Gasteiger partial charge < -0.3 is 5.32 Å². The predicted octanol–water partition coefficient (Wildman–Crippen LogP) is 2.76. The minimum Gasteiger partial charge on any atom is -0.356 e. The van der Waals surface area contributed by atoms with E-state index in [2.05, 4.69) is 5.32 Å². The second-order valence-electron chi connectivity index (χ2n) is 7.79. The smallest absolute Gasteiger partial charge is 0.256 e. The molecule has 0 aromatic rings. The van der Waals surface area contributed by atoms with E-state index in [4.69, 9.17) is 0 Å². The van der Waals surface area contributed by atoms with Crippen molar-refractivity contribution < 1.29 is 19.2 Å². The van der Waals surface area contributed by atoms with Gasteiger partial charge in [0.05, 0.1) is 0 Å². The highest BCUT2D eigenvalue weighted by Crippen LogP contribution is 2.30. The molecule has 0 spiro atoms. The second kappa shape index (κ2) is 10.4. The lowest BCUT2D eigenvalue weighted by Crippen LogP contribution is -2.38. The molecule has 6 nitrogen and oxygen atoms in total. The molecule has 1 N–H and O–H groups in total. The van der Waals surface area contributed by atoms with Crippen molar-refractivity contribution in [3.63, 3.8) is 0 Å². The zero-order chi connectivity index (χ0) is 19.8. The summed E-state index contributed by atoms with van der Waals surface area (Å²) in [4.78, 5) is 48.7. The quantitative estimate of drug-likeness (QED) is 0.469. The lowest BCUT2D eigenvalue weighted by Gasteiger charge is -2.30. The van der Waals surface area contributed by atoms with Crippen molar-refractivity contribution in [3.05, 3.63) is 11.6 Å². The topological polar surface area (TPSA) is 83.6 Å². The molecule has 27 heavy (non-hydrogen) atoms. The normalized spacial score (nSPS) is 22.7. The number of unbranched alkanes of at least 4 members (excludes halogenated alkanes) is 2. The average Bonchev–Trinajstić information content (AvgIpc) is 2.90. The number of ketones is 1. The van der Waals surface area contributed by atoms with Gasteiger partial charge in [0.2, 0.25) is 5.91 Å². The zero-order valence-corrected chi connectivity index (χ0v) is 16.6. The number of rotatable bonds is 10. The Morgan fingerprint density at radius 1 is 1.11 bits per heavy atom. The molecule has 1 heterocycles. The van der Waals surface area contributed by atoms with E-state index in [-0.39, 0.29) is 29.6 Å². The Bertz CT molecular complexity index is 603. The van der Waals surface area contributed by atoms with Crippen molar-refractivity contribution in [1.82, 2.24) is 10.2 Å². The van der Waals surface area contributed by atoms with Crippen LogP contribution in [0.4, 0.5) is 0 Å². The van der Waals surface area contributed by atoms with E-state index in [0.717, 1.165) is 44.9 Å². The Hall–Kier alpha value is -1.98. The van der Waals surface area contributed by atoms with Crippen molar-refractivity contribution in [2.75, 3.05) is 13.1 Å². The Morgan fingerprint density at radius 3 is 2.41 bits per heavy atom. The van der Waals surface area contributed by atoms with E-state index in [0.29, 0.717) is 37.3 Å². The van der Waals surface area contributed by atoms with Crippen molar-refractivity contribution in [1.29, 1.82) is 0 Å². The second-order valence-corrected chi connectivity index (χ2v) is 7.79. The molecule has 1 fully saturated rings. The van der Waals surface area contributed by atoms with Crippen LogP contribution in [0.15, 0.2) is 11.6 Å². The molecule has 1 saturated carbocycles. The molecule has 2 aliphatic rings. The first-order chi connectivity index (χ1) is 12.9. The van der Waals surface area contributed by atoms with Crippen LogP contribution in [0.5, 0.6) is 0 Å². The number of imide groups is 1. The van der Waals surface area contributed by atoms with Gasteiger partial charge in [0.15, 0.2) is 0 Å². The Labute approximate surface area is 161 Å². The summed E-state index contributed by atoms with van der Waals surface area (Å²) in [6.07, 6.45) is 8.78. The van der Waals surface area contributed by atoms with Crippen LogP contribution in [0.25, 0.3) is 0 Å². The van der Waals surface area contributed by atoms with E-state index in [1.54, 1.807) is 6.92 Å². The fraction of sp³-hybridized carbons (Fsp3) is 0.714. The summed E-state index contributed by atoms with van der Waals surface area (Å²) in [7, 11) is 0. The third-order valence-corrected chi connectivity index (χ3v) is 5.67. The first-order valence-electron chi connectivity index (χ1n) is 10.3. The monoisotopic (exact) mass is 376 g/mol. The number of Topliss-reactive ketones (excluding diaryl/α,β-unsaturated/α-hetero) is 1. The van der Waals surface area contributed by atoms with Crippen LogP contribution in [0.3, 0.4) is 0 Å². The van der Waals surface area contributed by atoms with Gasteiger partial charge in [-0.25, -0.2) is 0 Å². The molecule has 2 rings (SSSR count). The number of hydrogen-bond acceptors (Lipinski definition) is 4. The van der Waals surface area contributed by atoms with E-state index in [9.17, 15) is 19.2 Å². The zero-order valence-electron chi connectivity index (χ0n) is 16.6. The Morgan fingerprint density at radius 2 is 1.81 bits per heavy atom. The molecule has 1 aliphatic heterocycles. The lowest BCUT2D eigenvalue weighted by atomic mass is 9.81. The van der Waals surface area contributed by atoms with Gasteiger partial charge in [0.1, 0.15) is 5.78 Å². The molecule has 150 valence electrons.